The van der Waals surface area contributed by atoms with Crippen LogP contribution in [0.3, 0.4) is 0 Å². The third kappa shape index (κ3) is 2.69. The van der Waals surface area contributed by atoms with Crippen molar-refractivity contribution < 1.29 is 0 Å². The van der Waals surface area contributed by atoms with Gasteiger partial charge in [0.05, 0.1) is 0 Å². The van der Waals surface area contributed by atoms with Crippen LogP contribution in [0.5, 0.6) is 0 Å². The van der Waals surface area contributed by atoms with Crippen LogP contribution in [0.1, 0.15) is 84.5 Å². The Hall–Kier alpha value is -0.0400. The van der Waals surface area contributed by atoms with E-state index in [1.165, 1.54) is 32.1 Å². The minimum absolute atomic E-state index is 0.678. The highest BCUT2D eigenvalue weighted by atomic mass is 15.0. The van der Waals surface area contributed by atoms with E-state index in [1.54, 1.807) is 38.5 Å². The predicted octanol–water partition coefficient (Wildman–Crippen LogP) is 5.15. The highest BCUT2D eigenvalue weighted by molar-refractivity contribution is 5.05. The second-order valence-corrected chi connectivity index (χ2v) is 9.36. The van der Waals surface area contributed by atoms with Gasteiger partial charge in [0, 0.05) is 12.1 Å². The minimum Gasteiger partial charge on any atom is -0.311 e. The Bertz CT molecular complexity index is 333. The summed E-state index contributed by atoms with van der Waals surface area (Å²) in [4.78, 5) is 0. The molecule has 0 heterocycles. The van der Waals surface area contributed by atoms with E-state index in [-0.39, 0.29) is 0 Å². The van der Waals surface area contributed by atoms with Gasteiger partial charge in [0.25, 0.3) is 0 Å². The zero-order chi connectivity index (χ0) is 14.4. The molecule has 5 rings (SSSR count). The molecule has 1 N–H and O–H groups in total. The van der Waals surface area contributed by atoms with E-state index in [9.17, 15) is 0 Å². The van der Waals surface area contributed by atoms with E-state index in [0.29, 0.717) is 5.41 Å². The molecule has 5 aliphatic carbocycles. The topological polar surface area (TPSA) is 12.0 Å². The summed E-state index contributed by atoms with van der Waals surface area (Å²) in [5.74, 6) is 4.22. The van der Waals surface area contributed by atoms with E-state index in [1.807, 2.05) is 0 Å². The second kappa shape index (κ2) is 5.55. The first kappa shape index (κ1) is 14.5. The van der Waals surface area contributed by atoms with Crippen LogP contribution in [-0.4, -0.2) is 12.1 Å². The normalized spacial score (nSPS) is 45.7. The predicted molar refractivity (Wildman–Crippen MR) is 89.2 cm³/mol. The smallest absolute Gasteiger partial charge is 0.00980 e. The Morgan fingerprint density at radius 1 is 0.810 bits per heavy atom. The largest absolute Gasteiger partial charge is 0.311 e. The Morgan fingerprint density at radius 2 is 1.33 bits per heavy atom. The van der Waals surface area contributed by atoms with Gasteiger partial charge in [-0.25, -0.2) is 0 Å². The molecule has 2 atom stereocenters. The molecule has 4 bridgehead atoms. The molecule has 120 valence electrons. The molecule has 0 amide bonds. The maximum absolute atomic E-state index is 4.11. The first-order valence-corrected chi connectivity index (χ1v) is 9.91. The second-order valence-electron chi connectivity index (χ2n) is 9.36. The van der Waals surface area contributed by atoms with Gasteiger partial charge in [0.2, 0.25) is 0 Å². The molecule has 0 aromatic carbocycles. The number of hydrogen-bond donors (Lipinski definition) is 1. The molecule has 0 aliphatic heterocycles. The van der Waals surface area contributed by atoms with Gasteiger partial charge in [0.15, 0.2) is 0 Å². The van der Waals surface area contributed by atoms with Crippen LogP contribution in [0, 0.1) is 29.1 Å². The van der Waals surface area contributed by atoms with Gasteiger partial charge in [-0.05, 0) is 94.3 Å². The van der Waals surface area contributed by atoms with Crippen molar-refractivity contribution in [3.63, 3.8) is 0 Å². The van der Waals surface area contributed by atoms with E-state index >= 15 is 0 Å². The summed E-state index contributed by atoms with van der Waals surface area (Å²) in [6.45, 7) is 5.01. The van der Waals surface area contributed by atoms with Gasteiger partial charge in [-0.2, -0.15) is 0 Å². The zero-order valence-electron chi connectivity index (χ0n) is 14.2. The lowest BCUT2D eigenvalue weighted by Crippen LogP contribution is -2.57. The summed E-state index contributed by atoms with van der Waals surface area (Å²) >= 11 is 0. The summed E-state index contributed by atoms with van der Waals surface area (Å²) in [5, 5.41) is 4.11. The lowest BCUT2D eigenvalue weighted by atomic mass is 9.48. The average molecular weight is 290 g/mol. The maximum atomic E-state index is 4.11. The van der Waals surface area contributed by atoms with Gasteiger partial charge in [-0.15, -0.1) is 0 Å². The summed E-state index contributed by atoms with van der Waals surface area (Å²) in [5.41, 5.74) is 0.678. The van der Waals surface area contributed by atoms with E-state index < -0.39 is 0 Å². The summed E-state index contributed by atoms with van der Waals surface area (Å²) in [6, 6.07) is 1.50. The van der Waals surface area contributed by atoms with Gasteiger partial charge in [0.1, 0.15) is 0 Å². The molecule has 21 heavy (non-hydrogen) atoms. The van der Waals surface area contributed by atoms with Crippen molar-refractivity contribution in [2.24, 2.45) is 29.1 Å². The van der Waals surface area contributed by atoms with Crippen LogP contribution >= 0.6 is 0 Å². The van der Waals surface area contributed by atoms with E-state index in [4.69, 9.17) is 0 Å². The monoisotopic (exact) mass is 289 g/mol. The number of hydrogen-bond acceptors (Lipinski definition) is 1. The van der Waals surface area contributed by atoms with Crippen LogP contribution < -0.4 is 5.32 Å². The molecule has 0 saturated heterocycles. The molecule has 1 heteroatoms. The molecular formula is C20H35N. The van der Waals surface area contributed by atoms with Crippen LogP contribution in [-0.2, 0) is 0 Å². The third-order valence-electron chi connectivity index (χ3n) is 7.87. The zero-order valence-corrected chi connectivity index (χ0v) is 14.2. The van der Waals surface area contributed by atoms with Crippen LogP contribution in [0.4, 0.5) is 0 Å². The highest BCUT2D eigenvalue weighted by Gasteiger charge is 2.53. The average Bonchev–Trinajstić information content (AvgIpc) is 2.46. The van der Waals surface area contributed by atoms with Crippen LogP contribution in [0.15, 0.2) is 0 Å². The van der Waals surface area contributed by atoms with E-state index in [2.05, 4.69) is 19.2 Å². The maximum Gasteiger partial charge on any atom is 0.00980 e. The molecule has 0 aromatic rings. The molecular weight excluding hydrogens is 254 g/mol. The Labute approximate surface area is 131 Å². The van der Waals surface area contributed by atoms with Crippen molar-refractivity contribution in [3.8, 4) is 0 Å². The van der Waals surface area contributed by atoms with Crippen molar-refractivity contribution in [1.29, 1.82) is 0 Å². The summed E-state index contributed by atoms with van der Waals surface area (Å²) < 4.78 is 0. The van der Waals surface area contributed by atoms with Crippen molar-refractivity contribution in [2.45, 2.75) is 96.6 Å². The van der Waals surface area contributed by atoms with Gasteiger partial charge in [-0.1, -0.05) is 19.3 Å². The van der Waals surface area contributed by atoms with Crippen molar-refractivity contribution in [3.05, 3.63) is 0 Å². The summed E-state index contributed by atoms with van der Waals surface area (Å²) in [6.07, 6.45) is 16.7. The fourth-order valence-electron chi connectivity index (χ4n) is 7.05. The van der Waals surface area contributed by atoms with Crippen molar-refractivity contribution >= 4 is 0 Å². The van der Waals surface area contributed by atoms with Gasteiger partial charge >= 0.3 is 0 Å². The Kier molecular flexibility index (Phi) is 3.84. The summed E-state index contributed by atoms with van der Waals surface area (Å²) in [7, 11) is 0. The first-order valence-electron chi connectivity index (χ1n) is 9.91. The van der Waals surface area contributed by atoms with Gasteiger partial charge < -0.3 is 5.32 Å². The van der Waals surface area contributed by atoms with E-state index in [0.717, 1.165) is 35.8 Å². The van der Waals surface area contributed by atoms with Crippen LogP contribution in [0.2, 0.25) is 0 Å². The lowest BCUT2D eigenvalue weighted by Gasteiger charge is -2.59. The Balaban J connectivity index is 1.41. The molecule has 5 aliphatic rings. The molecule has 5 saturated carbocycles. The Morgan fingerprint density at radius 3 is 1.86 bits per heavy atom. The molecule has 1 nitrogen and oxygen atoms in total. The molecule has 0 radical (unpaired) electrons. The third-order valence-corrected chi connectivity index (χ3v) is 7.87. The molecule has 0 spiro atoms. The first-order chi connectivity index (χ1) is 10.1. The van der Waals surface area contributed by atoms with Crippen LogP contribution in [0.25, 0.3) is 0 Å². The number of rotatable bonds is 4. The van der Waals surface area contributed by atoms with Gasteiger partial charge in [-0.3, -0.25) is 0 Å². The standard InChI is InChI=1S/C20H35N/c1-14(19-6-4-3-5-7-19)21-15(2)20-11-16-8-17(12-20)10-18(9-16)13-20/h14-19,21H,3-13H2,1-2H3/t14-,15?,16?,17?,18?,20?/m0/s1. The lowest BCUT2D eigenvalue weighted by molar-refractivity contribution is -0.0730. The molecule has 0 aromatic heterocycles. The fourth-order valence-corrected chi connectivity index (χ4v) is 7.05. The minimum atomic E-state index is 0.678. The fraction of sp³-hybridized carbons (Fsp3) is 1.00. The molecule has 5 fully saturated rings. The molecule has 1 unspecified atom stereocenters. The SMILES string of the molecule is CC(N[C@@H](C)C1CCCCC1)C12CC3CC(CC(C3)C1)C2. The number of nitrogens with one attached hydrogen (secondary N) is 1. The quantitative estimate of drug-likeness (QED) is 0.754. The van der Waals surface area contributed by atoms with Crippen molar-refractivity contribution in [1.82, 2.24) is 5.32 Å². The van der Waals surface area contributed by atoms with Crippen molar-refractivity contribution in [2.75, 3.05) is 0 Å². The highest BCUT2D eigenvalue weighted by Crippen LogP contribution is 2.61.